The number of benzene rings is 2. The highest BCUT2D eigenvalue weighted by Gasteiger charge is 2.64. The second kappa shape index (κ2) is 9.15. The fourth-order valence-electron chi connectivity index (χ4n) is 2.92. The van der Waals surface area contributed by atoms with Crippen LogP contribution in [-0.4, -0.2) is 40.3 Å². The number of nitrogens with one attached hydrogen (secondary N) is 2. The second-order valence-electron chi connectivity index (χ2n) is 6.82. The topological polar surface area (TPSA) is 93.2 Å². The Morgan fingerprint density at radius 2 is 1.44 bits per heavy atom. The molecule has 0 saturated carbocycles. The molecule has 0 aliphatic rings. The van der Waals surface area contributed by atoms with E-state index >= 15 is 0 Å². The van der Waals surface area contributed by atoms with Crippen molar-refractivity contribution in [1.82, 2.24) is 15.3 Å². The molecular formula is C21H16F6N4O3. The van der Waals surface area contributed by atoms with Gasteiger partial charge >= 0.3 is 24.0 Å². The van der Waals surface area contributed by atoms with Crippen molar-refractivity contribution in [2.45, 2.75) is 24.9 Å². The third-order valence-electron chi connectivity index (χ3n) is 4.49. The number of carbonyl (C=O) groups is 2. The molecule has 0 radical (unpaired) electrons. The summed E-state index contributed by atoms with van der Waals surface area (Å²) in [5.41, 5.74) is -6.66. The van der Waals surface area contributed by atoms with Gasteiger partial charge in [-0.25, -0.2) is 14.8 Å². The fourth-order valence-corrected chi connectivity index (χ4v) is 2.92. The van der Waals surface area contributed by atoms with Crippen molar-refractivity contribution in [2.75, 3.05) is 11.9 Å². The largest absolute Gasteiger partial charge is 0.463 e. The lowest BCUT2D eigenvalue weighted by atomic mass is 10.1. The first-order valence-corrected chi connectivity index (χ1v) is 9.62. The van der Waals surface area contributed by atoms with Crippen LogP contribution < -0.4 is 10.6 Å². The molecule has 7 nitrogen and oxygen atoms in total. The molecule has 1 unspecified atom stereocenters. The number of alkyl halides is 6. The van der Waals surface area contributed by atoms with Gasteiger partial charge in [-0.1, -0.05) is 30.3 Å². The number of esters is 1. The Morgan fingerprint density at radius 3 is 1.97 bits per heavy atom. The molecule has 34 heavy (non-hydrogen) atoms. The first-order valence-electron chi connectivity index (χ1n) is 9.62. The summed E-state index contributed by atoms with van der Waals surface area (Å²) in [7, 11) is 0. The molecule has 0 aliphatic heterocycles. The van der Waals surface area contributed by atoms with Crippen LogP contribution in [0.4, 0.5) is 32.2 Å². The summed E-state index contributed by atoms with van der Waals surface area (Å²) in [6.07, 6.45) is -10.9. The van der Waals surface area contributed by atoms with Gasteiger partial charge in [-0.05, 0) is 31.2 Å². The van der Waals surface area contributed by atoms with Crippen LogP contribution in [0, 0.1) is 0 Å². The monoisotopic (exact) mass is 486 g/mol. The molecule has 2 aromatic carbocycles. The maximum atomic E-state index is 14.3. The fraction of sp³-hybridized carbons (Fsp3) is 0.238. The molecule has 0 spiro atoms. The number of halogens is 6. The van der Waals surface area contributed by atoms with E-state index in [1.807, 2.05) is 0 Å². The van der Waals surface area contributed by atoms with Crippen molar-refractivity contribution in [3.8, 4) is 0 Å². The van der Waals surface area contributed by atoms with Gasteiger partial charge in [0.1, 0.15) is 0 Å². The standard InChI is InChI=1S/C21H16F6N4O3/c1-2-34-18(33)19(21(25,26)27,31-17(32)12-8-4-3-5-9-12)30-16-15(20(22,23)24)28-13-10-6-7-11-14(13)29-16/h3-11H,2H2,1H3,(H,29,30)(H,31,32). The Bertz CT molecular complexity index is 1200. The van der Waals surface area contributed by atoms with Crippen molar-refractivity contribution in [2.24, 2.45) is 0 Å². The van der Waals surface area contributed by atoms with E-state index in [0.717, 1.165) is 12.1 Å². The number of ether oxygens (including phenoxy) is 1. The van der Waals surface area contributed by atoms with Gasteiger partial charge in [-0.15, -0.1) is 0 Å². The van der Waals surface area contributed by atoms with E-state index < -0.39 is 48.0 Å². The molecule has 3 aromatic rings. The third-order valence-corrected chi connectivity index (χ3v) is 4.49. The quantitative estimate of drug-likeness (QED) is 0.307. The molecule has 1 atom stereocenters. The lowest BCUT2D eigenvalue weighted by Gasteiger charge is -2.35. The zero-order chi connectivity index (χ0) is 25.1. The van der Waals surface area contributed by atoms with Crippen LogP contribution in [-0.2, 0) is 15.7 Å². The van der Waals surface area contributed by atoms with Crippen LogP contribution in [0.1, 0.15) is 23.0 Å². The first-order chi connectivity index (χ1) is 15.9. The number of para-hydroxylation sites is 2. The van der Waals surface area contributed by atoms with Gasteiger partial charge in [0.25, 0.3) is 5.91 Å². The number of nitrogens with zero attached hydrogens (tertiary/aromatic N) is 2. The van der Waals surface area contributed by atoms with Crippen molar-refractivity contribution in [3.05, 3.63) is 65.9 Å². The molecule has 2 N–H and O–H groups in total. The van der Waals surface area contributed by atoms with Gasteiger partial charge in [0, 0.05) is 5.56 Å². The summed E-state index contributed by atoms with van der Waals surface area (Å²) >= 11 is 0. The zero-order valence-electron chi connectivity index (χ0n) is 17.3. The molecule has 3 rings (SSSR count). The average Bonchev–Trinajstić information content (AvgIpc) is 2.77. The molecule has 1 heterocycles. The molecule has 0 aliphatic carbocycles. The zero-order valence-corrected chi connectivity index (χ0v) is 17.3. The highest BCUT2D eigenvalue weighted by molar-refractivity contribution is 5.99. The predicted octanol–water partition coefficient (Wildman–Crippen LogP) is 4.31. The minimum atomic E-state index is -5.67. The minimum absolute atomic E-state index is 0.188. The van der Waals surface area contributed by atoms with Crippen molar-refractivity contribution in [3.63, 3.8) is 0 Å². The first kappa shape index (κ1) is 24.7. The number of amides is 1. The van der Waals surface area contributed by atoms with Gasteiger partial charge < -0.3 is 15.4 Å². The predicted molar refractivity (Wildman–Crippen MR) is 107 cm³/mol. The molecule has 1 aromatic heterocycles. The molecule has 0 bridgehead atoms. The number of fused-ring (bicyclic) bond motifs is 1. The summed E-state index contributed by atoms with van der Waals surface area (Å²) in [6, 6.07) is 11.6. The van der Waals surface area contributed by atoms with Gasteiger partial charge in [0.15, 0.2) is 11.5 Å². The normalized spacial score (nSPS) is 13.7. The molecule has 0 saturated heterocycles. The Morgan fingerprint density at radius 1 is 0.882 bits per heavy atom. The van der Waals surface area contributed by atoms with E-state index in [0.29, 0.717) is 0 Å². The average molecular weight is 486 g/mol. The number of rotatable bonds is 6. The van der Waals surface area contributed by atoms with E-state index in [9.17, 15) is 35.9 Å². The van der Waals surface area contributed by atoms with Gasteiger partial charge in [-0.2, -0.15) is 26.3 Å². The van der Waals surface area contributed by atoms with E-state index in [4.69, 9.17) is 0 Å². The van der Waals surface area contributed by atoms with Crippen LogP contribution in [0.15, 0.2) is 54.6 Å². The Hall–Kier alpha value is -3.90. The van der Waals surface area contributed by atoms with Gasteiger partial charge in [0.2, 0.25) is 0 Å². The number of anilines is 1. The summed E-state index contributed by atoms with van der Waals surface area (Å²) in [4.78, 5) is 32.1. The van der Waals surface area contributed by atoms with Crippen molar-refractivity contribution < 1.29 is 40.7 Å². The Balaban J connectivity index is 2.22. The smallest absolute Gasteiger partial charge is 0.441 e. The maximum absolute atomic E-state index is 14.3. The third kappa shape index (κ3) is 4.87. The lowest BCUT2D eigenvalue weighted by Crippen LogP contribution is -2.69. The summed E-state index contributed by atoms with van der Waals surface area (Å²) in [5.74, 6) is -4.92. The maximum Gasteiger partial charge on any atom is 0.441 e. The van der Waals surface area contributed by atoms with E-state index in [1.54, 1.807) is 0 Å². The number of hydrogen-bond acceptors (Lipinski definition) is 6. The van der Waals surface area contributed by atoms with Gasteiger partial charge in [0.05, 0.1) is 17.6 Å². The highest BCUT2D eigenvalue weighted by Crippen LogP contribution is 2.38. The van der Waals surface area contributed by atoms with E-state index in [2.05, 4.69) is 14.7 Å². The number of hydrogen-bond donors (Lipinski definition) is 2. The SMILES string of the molecule is CCOC(=O)C(NC(=O)c1ccccc1)(Nc1nc2ccccc2nc1C(F)(F)F)C(F)(F)F. The summed E-state index contributed by atoms with van der Waals surface area (Å²) < 4.78 is 88.6. The molecule has 180 valence electrons. The van der Waals surface area contributed by atoms with E-state index in [-0.39, 0.29) is 16.6 Å². The van der Waals surface area contributed by atoms with Crippen molar-refractivity contribution >= 4 is 28.7 Å². The molecule has 0 fully saturated rings. The van der Waals surface area contributed by atoms with Crippen LogP contribution in [0.2, 0.25) is 0 Å². The van der Waals surface area contributed by atoms with Crippen molar-refractivity contribution in [1.29, 1.82) is 0 Å². The molecule has 1 amide bonds. The van der Waals surface area contributed by atoms with Gasteiger partial charge in [-0.3, -0.25) is 4.79 Å². The number of aromatic nitrogens is 2. The van der Waals surface area contributed by atoms with E-state index in [1.165, 1.54) is 60.0 Å². The lowest BCUT2D eigenvalue weighted by molar-refractivity contribution is -0.205. The second-order valence-corrected chi connectivity index (χ2v) is 6.82. The van der Waals surface area contributed by atoms with Crippen LogP contribution in [0.25, 0.3) is 11.0 Å². The Labute approximate surface area is 188 Å². The molecule has 13 heteroatoms. The van der Waals surface area contributed by atoms with Crippen LogP contribution in [0.3, 0.4) is 0 Å². The van der Waals surface area contributed by atoms with Crippen LogP contribution >= 0.6 is 0 Å². The Kier molecular flexibility index (Phi) is 6.66. The highest BCUT2D eigenvalue weighted by atomic mass is 19.4. The minimum Gasteiger partial charge on any atom is -0.463 e. The van der Waals surface area contributed by atoms with Crippen LogP contribution in [0.5, 0.6) is 0 Å². The number of carbonyl (C=O) groups excluding carboxylic acids is 2. The summed E-state index contributed by atoms with van der Waals surface area (Å²) in [5, 5.41) is 2.92. The molecular weight excluding hydrogens is 470 g/mol. The summed E-state index contributed by atoms with van der Waals surface area (Å²) in [6.45, 7) is 0.629.